The molecule has 6 heteroatoms. The standard InChI is InChI=1S/C12H11FN2O2S/c13-11-1-3-12(4-2-11)18(16,17)15-7-5-10(9-14)6-8-15/h1-5,7,10H,6,8H2. The van der Waals surface area contributed by atoms with Crippen LogP contribution in [-0.4, -0.2) is 19.3 Å². The summed E-state index contributed by atoms with van der Waals surface area (Å²) in [6.45, 7) is 0.258. The maximum Gasteiger partial charge on any atom is 0.263 e. The van der Waals surface area contributed by atoms with Gasteiger partial charge in [0, 0.05) is 12.7 Å². The molecule has 4 nitrogen and oxygen atoms in total. The molecule has 1 aromatic carbocycles. The lowest BCUT2D eigenvalue weighted by molar-refractivity contribution is 0.456. The summed E-state index contributed by atoms with van der Waals surface area (Å²) in [5, 5.41) is 8.72. The van der Waals surface area contributed by atoms with Gasteiger partial charge >= 0.3 is 0 Å². The average molecular weight is 266 g/mol. The van der Waals surface area contributed by atoms with Gasteiger partial charge in [-0.05, 0) is 30.7 Å². The number of nitriles is 1. The predicted molar refractivity (Wildman–Crippen MR) is 63.2 cm³/mol. The number of hydrogen-bond acceptors (Lipinski definition) is 3. The largest absolute Gasteiger partial charge is 0.274 e. The fourth-order valence-electron chi connectivity index (χ4n) is 1.69. The van der Waals surface area contributed by atoms with Crippen molar-refractivity contribution in [3.63, 3.8) is 0 Å². The summed E-state index contributed by atoms with van der Waals surface area (Å²) in [6, 6.07) is 6.75. The molecular weight excluding hydrogens is 255 g/mol. The van der Waals surface area contributed by atoms with Crippen LogP contribution in [-0.2, 0) is 10.0 Å². The van der Waals surface area contributed by atoms with E-state index < -0.39 is 15.8 Å². The molecule has 1 aliphatic rings. The van der Waals surface area contributed by atoms with Gasteiger partial charge in [-0.3, -0.25) is 4.31 Å². The van der Waals surface area contributed by atoms with Gasteiger partial charge in [-0.2, -0.15) is 5.26 Å². The molecule has 1 aliphatic heterocycles. The molecule has 0 amide bonds. The van der Waals surface area contributed by atoms with E-state index in [9.17, 15) is 12.8 Å². The third-order valence-electron chi connectivity index (χ3n) is 2.73. The third kappa shape index (κ3) is 2.36. The van der Waals surface area contributed by atoms with Crippen LogP contribution < -0.4 is 0 Å². The van der Waals surface area contributed by atoms with Crippen molar-refractivity contribution in [1.82, 2.24) is 4.31 Å². The monoisotopic (exact) mass is 266 g/mol. The van der Waals surface area contributed by atoms with Gasteiger partial charge in [0.2, 0.25) is 0 Å². The van der Waals surface area contributed by atoms with Gasteiger partial charge in [-0.15, -0.1) is 0 Å². The lowest BCUT2D eigenvalue weighted by Gasteiger charge is -2.24. The van der Waals surface area contributed by atoms with Crippen LogP contribution in [0.3, 0.4) is 0 Å². The highest BCUT2D eigenvalue weighted by molar-refractivity contribution is 7.89. The number of rotatable bonds is 2. The van der Waals surface area contributed by atoms with Crippen LogP contribution in [0.1, 0.15) is 6.42 Å². The smallest absolute Gasteiger partial charge is 0.263 e. The lowest BCUT2D eigenvalue weighted by Crippen LogP contribution is -2.30. The lowest BCUT2D eigenvalue weighted by atomic mass is 10.1. The van der Waals surface area contributed by atoms with E-state index in [0.29, 0.717) is 6.42 Å². The van der Waals surface area contributed by atoms with E-state index in [4.69, 9.17) is 5.26 Å². The van der Waals surface area contributed by atoms with E-state index in [1.807, 2.05) is 0 Å². The molecule has 1 heterocycles. The normalized spacial score (nSPS) is 19.6. The first-order chi connectivity index (χ1) is 8.54. The molecule has 0 spiro atoms. The quantitative estimate of drug-likeness (QED) is 0.821. The molecule has 0 aliphatic carbocycles. The summed E-state index contributed by atoms with van der Waals surface area (Å²) < 4.78 is 38.3. The van der Waals surface area contributed by atoms with E-state index in [1.165, 1.54) is 22.6 Å². The van der Waals surface area contributed by atoms with Crippen LogP contribution in [0.15, 0.2) is 41.4 Å². The van der Waals surface area contributed by atoms with E-state index in [1.54, 1.807) is 6.08 Å². The molecule has 0 bridgehead atoms. The minimum atomic E-state index is -3.64. The van der Waals surface area contributed by atoms with Crippen molar-refractivity contribution in [2.75, 3.05) is 6.54 Å². The number of sulfonamides is 1. The van der Waals surface area contributed by atoms with Crippen molar-refractivity contribution in [2.24, 2.45) is 5.92 Å². The zero-order chi connectivity index (χ0) is 13.2. The number of allylic oxidation sites excluding steroid dienone is 1. The van der Waals surface area contributed by atoms with Crippen LogP contribution in [0.2, 0.25) is 0 Å². The summed E-state index contributed by atoms with van der Waals surface area (Å²) in [5.74, 6) is -0.725. The molecule has 1 unspecified atom stereocenters. The van der Waals surface area contributed by atoms with Crippen molar-refractivity contribution < 1.29 is 12.8 Å². The number of halogens is 1. The second-order valence-corrected chi connectivity index (χ2v) is 5.83. The van der Waals surface area contributed by atoms with Gasteiger partial charge in [-0.1, -0.05) is 6.08 Å². The SMILES string of the molecule is N#CC1C=CN(S(=O)(=O)c2ccc(F)cc2)CC1. The fraction of sp³-hybridized carbons (Fsp3) is 0.250. The van der Waals surface area contributed by atoms with E-state index in [-0.39, 0.29) is 17.4 Å². The minimum Gasteiger partial charge on any atom is -0.274 e. The van der Waals surface area contributed by atoms with Gasteiger partial charge in [0.05, 0.1) is 16.9 Å². The topological polar surface area (TPSA) is 61.2 Å². The van der Waals surface area contributed by atoms with Crippen molar-refractivity contribution >= 4 is 10.0 Å². The molecule has 0 saturated carbocycles. The molecular formula is C12H11FN2O2S. The van der Waals surface area contributed by atoms with Crippen molar-refractivity contribution in [1.29, 1.82) is 5.26 Å². The van der Waals surface area contributed by atoms with Gasteiger partial charge in [0.1, 0.15) is 5.82 Å². The Bertz CT molecular complexity index is 602. The van der Waals surface area contributed by atoms with Crippen molar-refractivity contribution in [3.05, 3.63) is 42.4 Å². The molecule has 0 saturated heterocycles. The molecule has 0 N–H and O–H groups in total. The molecule has 0 fully saturated rings. The summed E-state index contributed by atoms with van der Waals surface area (Å²) in [7, 11) is -3.64. The Kier molecular flexibility index (Phi) is 3.34. The zero-order valence-corrected chi connectivity index (χ0v) is 10.3. The molecule has 94 valence electrons. The first-order valence-electron chi connectivity index (χ1n) is 5.39. The van der Waals surface area contributed by atoms with Crippen molar-refractivity contribution in [2.45, 2.75) is 11.3 Å². The Hall–Kier alpha value is -1.87. The maximum atomic E-state index is 12.8. The van der Waals surface area contributed by atoms with Crippen LogP contribution in [0.4, 0.5) is 4.39 Å². The average Bonchev–Trinajstić information content (AvgIpc) is 2.39. The van der Waals surface area contributed by atoms with Gasteiger partial charge in [0.15, 0.2) is 0 Å². The molecule has 0 aromatic heterocycles. The van der Waals surface area contributed by atoms with Crippen LogP contribution in [0, 0.1) is 23.1 Å². The van der Waals surface area contributed by atoms with Crippen LogP contribution in [0.5, 0.6) is 0 Å². The minimum absolute atomic E-state index is 0.0453. The zero-order valence-electron chi connectivity index (χ0n) is 9.45. The molecule has 0 radical (unpaired) electrons. The molecule has 1 atom stereocenters. The van der Waals surface area contributed by atoms with Crippen LogP contribution >= 0.6 is 0 Å². The second-order valence-electron chi connectivity index (χ2n) is 3.94. The van der Waals surface area contributed by atoms with E-state index >= 15 is 0 Å². The van der Waals surface area contributed by atoms with Gasteiger partial charge in [-0.25, -0.2) is 12.8 Å². The fourth-order valence-corrected chi connectivity index (χ4v) is 3.01. The number of nitrogens with zero attached hydrogens (tertiary/aromatic N) is 2. The van der Waals surface area contributed by atoms with Crippen LogP contribution in [0.25, 0.3) is 0 Å². The second kappa shape index (κ2) is 4.78. The summed E-state index contributed by atoms with van der Waals surface area (Å²) >= 11 is 0. The number of benzene rings is 1. The summed E-state index contributed by atoms with van der Waals surface area (Å²) in [5.41, 5.74) is 0. The molecule has 2 rings (SSSR count). The summed E-state index contributed by atoms with van der Waals surface area (Å²) in [4.78, 5) is 0.0453. The Morgan fingerprint density at radius 2 is 2.00 bits per heavy atom. The summed E-state index contributed by atoms with van der Waals surface area (Å²) in [6.07, 6.45) is 3.42. The van der Waals surface area contributed by atoms with Gasteiger partial charge < -0.3 is 0 Å². The molecule has 1 aromatic rings. The Balaban J connectivity index is 2.28. The first-order valence-corrected chi connectivity index (χ1v) is 6.83. The van der Waals surface area contributed by atoms with Gasteiger partial charge in [0.25, 0.3) is 10.0 Å². The third-order valence-corrected chi connectivity index (χ3v) is 4.52. The Morgan fingerprint density at radius 1 is 1.33 bits per heavy atom. The van der Waals surface area contributed by atoms with Crippen molar-refractivity contribution in [3.8, 4) is 6.07 Å². The van der Waals surface area contributed by atoms with E-state index in [0.717, 1.165) is 12.1 Å². The number of hydrogen-bond donors (Lipinski definition) is 0. The highest BCUT2D eigenvalue weighted by Gasteiger charge is 2.24. The van der Waals surface area contributed by atoms with E-state index in [2.05, 4.69) is 6.07 Å². The highest BCUT2D eigenvalue weighted by Crippen LogP contribution is 2.21. The maximum absolute atomic E-state index is 12.8. The Labute approximate surface area is 105 Å². The first kappa shape index (κ1) is 12.6. The Morgan fingerprint density at radius 3 is 2.50 bits per heavy atom. The molecule has 18 heavy (non-hydrogen) atoms. The highest BCUT2D eigenvalue weighted by atomic mass is 32.2. The predicted octanol–water partition coefficient (Wildman–Crippen LogP) is 1.87.